The molecule has 3 unspecified atom stereocenters. The second-order valence-corrected chi connectivity index (χ2v) is 7.36. The van der Waals surface area contributed by atoms with Crippen LogP contribution in [-0.4, -0.2) is 48.4 Å². The van der Waals surface area contributed by atoms with Crippen LogP contribution in [0.3, 0.4) is 0 Å². The van der Waals surface area contributed by atoms with Gasteiger partial charge in [-0.1, -0.05) is 29.8 Å². The van der Waals surface area contributed by atoms with Crippen LogP contribution < -0.4 is 0 Å². The van der Waals surface area contributed by atoms with Gasteiger partial charge in [-0.25, -0.2) is 0 Å². The highest BCUT2D eigenvalue weighted by Crippen LogP contribution is 2.41. The van der Waals surface area contributed by atoms with Gasteiger partial charge in [0.25, 0.3) is 0 Å². The molecule has 2 heterocycles. The largest absolute Gasteiger partial charge is 0.469 e. The number of hydrogen-bond donors (Lipinski definition) is 1. The number of allylic oxidation sites excluding steroid dienone is 1. The maximum Gasteiger partial charge on any atom is 0.310 e. The number of Topliss-reactive ketones (excluding diaryl/α,β-unsaturated/α-hetero) is 1. The van der Waals surface area contributed by atoms with Crippen LogP contribution in [0, 0.1) is 11.8 Å². The molecule has 0 amide bonds. The standard InChI is InChI=1S/C21H24N2O3/c1-4-12-11-23(2)17-9-15-13-7-5-6-8-16(13)22-20(15)18(24)10-14(12)19(17)21(25)26-3/h4-8,14,17,19,22H,9-11H2,1-3H3/b12-4-. The van der Waals surface area contributed by atoms with Gasteiger partial charge in [-0.3, -0.25) is 14.5 Å². The molecule has 1 N–H and O–H groups in total. The number of carbonyl (C=O) groups is 2. The summed E-state index contributed by atoms with van der Waals surface area (Å²) in [5, 5.41) is 1.07. The lowest BCUT2D eigenvalue weighted by Gasteiger charge is -2.45. The van der Waals surface area contributed by atoms with Crippen LogP contribution in [0.1, 0.15) is 29.4 Å². The quantitative estimate of drug-likeness (QED) is 0.633. The molecular weight excluding hydrogens is 328 g/mol. The average molecular weight is 352 g/mol. The van der Waals surface area contributed by atoms with Gasteiger partial charge in [0.1, 0.15) is 0 Å². The van der Waals surface area contributed by atoms with Crippen molar-refractivity contribution in [3.8, 4) is 0 Å². The molecule has 3 atom stereocenters. The zero-order valence-corrected chi connectivity index (χ0v) is 15.4. The number of aromatic nitrogens is 1. The van der Waals surface area contributed by atoms with E-state index in [1.807, 2.05) is 37.3 Å². The second-order valence-electron chi connectivity index (χ2n) is 7.36. The lowest BCUT2D eigenvalue weighted by Crippen LogP contribution is -2.54. The Morgan fingerprint density at radius 3 is 2.81 bits per heavy atom. The molecule has 2 aliphatic rings. The first-order valence-corrected chi connectivity index (χ1v) is 9.11. The molecule has 2 aromatic rings. The summed E-state index contributed by atoms with van der Waals surface area (Å²) in [7, 11) is 3.49. The first kappa shape index (κ1) is 17.0. The van der Waals surface area contributed by atoms with Crippen LogP contribution in [0.4, 0.5) is 0 Å². The lowest BCUT2D eigenvalue weighted by molar-refractivity contribution is -0.150. The Kier molecular flexibility index (Phi) is 4.19. The SMILES string of the molecule is C/C=C1/CN(C)C2Cc3c([nH]c4ccccc34)C(=O)CC1C2C(=O)OC. The number of benzene rings is 1. The molecule has 1 aromatic carbocycles. The number of aromatic amines is 1. The first-order valence-electron chi connectivity index (χ1n) is 9.11. The summed E-state index contributed by atoms with van der Waals surface area (Å²) in [6, 6.07) is 8.02. The third-order valence-corrected chi connectivity index (χ3v) is 6.08. The molecule has 1 aliphatic heterocycles. The lowest BCUT2D eigenvalue weighted by atomic mass is 9.70. The molecule has 0 radical (unpaired) electrons. The molecule has 0 spiro atoms. The fourth-order valence-electron chi connectivity index (χ4n) is 4.76. The van der Waals surface area contributed by atoms with Crippen LogP contribution >= 0.6 is 0 Å². The number of nitrogens with one attached hydrogen (secondary N) is 1. The topological polar surface area (TPSA) is 62.4 Å². The number of piperidine rings is 1. The minimum absolute atomic E-state index is 0.0159. The van der Waals surface area contributed by atoms with E-state index in [1.54, 1.807) is 0 Å². The van der Waals surface area contributed by atoms with Crippen molar-refractivity contribution in [1.29, 1.82) is 0 Å². The number of esters is 1. The van der Waals surface area contributed by atoms with Gasteiger partial charge in [-0.15, -0.1) is 0 Å². The highest BCUT2D eigenvalue weighted by Gasteiger charge is 2.46. The van der Waals surface area contributed by atoms with Crippen molar-refractivity contribution in [2.45, 2.75) is 25.8 Å². The van der Waals surface area contributed by atoms with E-state index < -0.39 is 0 Å². The highest BCUT2D eigenvalue weighted by molar-refractivity contribution is 6.03. The second kappa shape index (κ2) is 6.40. The zero-order chi connectivity index (χ0) is 18.4. The van der Waals surface area contributed by atoms with E-state index in [4.69, 9.17) is 4.74 Å². The number of carbonyl (C=O) groups excluding carboxylic acids is 2. The molecule has 5 heteroatoms. The van der Waals surface area contributed by atoms with Crippen molar-refractivity contribution in [2.75, 3.05) is 20.7 Å². The summed E-state index contributed by atoms with van der Waals surface area (Å²) in [5.41, 5.74) is 3.85. The molecule has 1 aliphatic carbocycles. The van der Waals surface area contributed by atoms with E-state index >= 15 is 0 Å². The minimum atomic E-state index is -0.323. The number of likely N-dealkylation sites (N-methyl/N-ethyl adjacent to an activating group) is 1. The molecule has 1 aromatic heterocycles. The van der Waals surface area contributed by atoms with Crippen LogP contribution in [0.2, 0.25) is 0 Å². The van der Waals surface area contributed by atoms with Gasteiger partial charge in [-0.2, -0.15) is 0 Å². The minimum Gasteiger partial charge on any atom is -0.469 e. The third kappa shape index (κ3) is 2.50. The van der Waals surface area contributed by atoms with Crippen molar-refractivity contribution in [3.63, 3.8) is 0 Å². The predicted molar refractivity (Wildman–Crippen MR) is 100 cm³/mol. The number of hydrogen-bond acceptors (Lipinski definition) is 4. The molecule has 26 heavy (non-hydrogen) atoms. The number of H-pyrrole nitrogens is 1. The molecule has 5 nitrogen and oxygen atoms in total. The van der Waals surface area contributed by atoms with Crippen molar-refractivity contribution >= 4 is 22.7 Å². The molecular formula is C21H24N2O3. The van der Waals surface area contributed by atoms with Gasteiger partial charge in [0.15, 0.2) is 5.78 Å². The maximum absolute atomic E-state index is 13.1. The smallest absolute Gasteiger partial charge is 0.310 e. The van der Waals surface area contributed by atoms with Gasteiger partial charge >= 0.3 is 5.97 Å². The number of methoxy groups -OCH3 is 1. The fourth-order valence-corrected chi connectivity index (χ4v) is 4.76. The Labute approximate surface area is 153 Å². The number of likely N-dealkylation sites (tertiary alicyclic amines) is 1. The van der Waals surface area contributed by atoms with E-state index in [-0.39, 0.29) is 29.6 Å². The van der Waals surface area contributed by atoms with Gasteiger partial charge < -0.3 is 9.72 Å². The first-order chi connectivity index (χ1) is 12.5. The Hall–Kier alpha value is -2.40. The predicted octanol–water partition coefficient (Wildman–Crippen LogP) is 2.96. The highest BCUT2D eigenvalue weighted by atomic mass is 16.5. The third-order valence-electron chi connectivity index (χ3n) is 6.08. The van der Waals surface area contributed by atoms with E-state index in [2.05, 4.69) is 16.9 Å². The van der Waals surface area contributed by atoms with Crippen LogP contribution in [0.25, 0.3) is 10.9 Å². The molecule has 2 bridgehead atoms. The molecule has 1 fully saturated rings. The number of rotatable bonds is 1. The van der Waals surface area contributed by atoms with Crippen LogP contribution in [-0.2, 0) is 16.0 Å². The summed E-state index contributed by atoms with van der Waals surface area (Å²) in [6.07, 6.45) is 3.05. The Morgan fingerprint density at radius 1 is 1.31 bits per heavy atom. The Morgan fingerprint density at radius 2 is 2.08 bits per heavy atom. The Bertz CT molecular complexity index is 911. The molecule has 4 rings (SSSR count). The Balaban J connectivity index is 1.91. The van der Waals surface area contributed by atoms with E-state index in [0.717, 1.165) is 28.6 Å². The average Bonchev–Trinajstić information content (AvgIpc) is 3.01. The molecule has 136 valence electrons. The summed E-state index contributed by atoms with van der Waals surface area (Å²) < 4.78 is 5.14. The van der Waals surface area contributed by atoms with Crippen molar-refractivity contribution in [1.82, 2.24) is 9.88 Å². The molecule has 0 saturated carbocycles. The van der Waals surface area contributed by atoms with Gasteiger partial charge in [0.2, 0.25) is 0 Å². The van der Waals surface area contributed by atoms with Gasteiger partial charge in [-0.05, 0) is 32.0 Å². The fraction of sp³-hybridized carbons (Fsp3) is 0.429. The van der Waals surface area contributed by atoms with Gasteiger partial charge in [0, 0.05) is 35.8 Å². The van der Waals surface area contributed by atoms with E-state index in [9.17, 15) is 9.59 Å². The summed E-state index contributed by atoms with van der Waals surface area (Å²) >= 11 is 0. The maximum atomic E-state index is 13.1. The summed E-state index contributed by atoms with van der Waals surface area (Å²) in [6.45, 7) is 2.76. The normalized spacial score (nSPS) is 27.9. The van der Waals surface area contributed by atoms with E-state index in [0.29, 0.717) is 18.5 Å². The van der Waals surface area contributed by atoms with Crippen LogP contribution in [0.15, 0.2) is 35.9 Å². The summed E-state index contributed by atoms with van der Waals surface area (Å²) in [5.74, 6) is -0.559. The van der Waals surface area contributed by atoms with Crippen LogP contribution in [0.5, 0.6) is 0 Å². The number of ether oxygens (including phenoxy) is 1. The monoisotopic (exact) mass is 352 g/mol. The van der Waals surface area contributed by atoms with Gasteiger partial charge in [0.05, 0.1) is 18.7 Å². The van der Waals surface area contributed by atoms with Crippen molar-refractivity contribution < 1.29 is 14.3 Å². The molecule has 1 saturated heterocycles. The number of fused-ring (bicyclic) bond motifs is 5. The zero-order valence-electron chi connectivity index (χ0n) is 15.4. The summed E-state index contributed by atoms with van der Waals surface area (Å²) in [4.78, 5) is 31.3. The van der Waals surface area contributed by atoms with Crippen molar-refractivity contribution in [2.24, 2.45) is 11.8 Å². The van der Waals surface area contributed by atoms with Crippen molar-refractivity contribution in [3.05, 3.63) is 47.2 Å². The number of nitrogens with zero attached hydrogens (tertiary/aromatic N) is 1. The number of ketones is 1. The number of para-hydroxylation sites is 1. The van der Waals surface area contributed by atoms with E-state index in [1.165, 1.54) is 7.11 Å².